The molecule has 5 aromatic rings. The van der Waals surface area contributed by atoms with Crippen molar-refractivity contribution in [3.05, 3.63) is 95.6 Å². The fourth-order valence-corrected chi connectivity index (χ4v) is 3.47. The van der Waals surface area contributed by atoms with Gasteiger partial charge in [0.25, 0.3) is 0 Å². The van der Waals surface area contributed by atoms with Crippen molar-refractivity contribution >= 4 is 28.7 Å². The van der Waals surface area contributed by atoms with Gasteiger partial charge in [-0.3, -0.25) is 5.32 Å². The molecule has 0 spiro atoms. The molecule has 0 aliphatic heterocycles. The summed E-state index contributed by atoms with van der Waals surface area (Å²) < 4.78 is 28.9. The van der Waals surface area contributed by atoms with Crippen LogP contribution in [-0.4, -0.2) is 31.0 Å². The number of benzene rings is 3. The summed E-state index contributed by atoms with van der Waals surface area (Å²) in [5.74, 6) is -0.319. The SMILES string of the molecule is Cc1ccc(-c2nc(NC(=O)Nc3ccc(F)cc3)c3nnn(Cc4ccccc4F)c3n2)cc1. The van der Waals surface area contributed by atoms with Crippen LogP contribution >= 0.6 is 0 Å². The van der Waals surface area contributed by atoms with Crippen molar-refractivity contribution in [3.8, 4) is 11.4 Å². The van der Waals surface area contributed by atoms with Gasteiger partial charge in [0.05, 0.1) is 6.54 Å². The lowest BCUT2D eigenvalue weighted by Crippen LogP contribution is -2.20. The van der Waals surface area contributed by atoms with E-state index in [0.29, 0.717) is 22.7 Å². The molecule has 2 N–H and O–H groups in total. The molecule has 0 bridgehead atoms. The molecule has 174 valence electrons. The number of nitrogens with zero attached hydrogens (tertiary/aromatic N) is 5. The summed E-state index contributed by atoms with van der Waals surface area (Å²) in [6, 6.07) is 18.7. The lowest BCUT2D eigenvalue weighted by Gasteiger charge is -2.10. The van der Waals surface area contributed by atoms with Crippen LogP contribution in [0, 0.1) is 18.6 Å². The summed E-state index contributed by atoms with van der Waals surface area (Å²) in [4.78, 5) is 21.8. The number of rotatable bonds is 5. The topological polar surface area (TPSA) is 97.6 Å². The van der Waals surface area contributed by atoms with Crippen molar-refractivity contribution in [1.29, 1.82) is 0 Å². The summed E-state index contributed by atoms with van der Waals surface area (Å²) in [5.41, 5.74) is 3.17. The van der Waals surface area contributed by atoms with Gasteiger partial charge < -0.3 is 5.32 Å². The third-order valence-electron chi connectivity index (χ3n) is 5.28. The second-order valence-electron chi connectivity index (χ2n) is 7.86. The quantitative estimate of drug-likeness (QED) is 0.369. The standard InChI is InChI=1S/C25H19F2N7O/c1-15-6-8-16(9-7-15)22-29-23(31-25(35)28-19-12-10-18(26)11-13-19)21-24(30-22)34(33-32-21)14-17-4-2-3-5-20(17)27/h2-13H,14H2,1H3,(H2,28,29,30,31,35). The number of aromatic nitrogens is 5. The van der Waals surface area contributed by atoms with Crippen LogP contribution in [-0.2, 0) is 6.54 Å². The molecule has 0 saturated carbocycles. The fraction of sp³-hybridized carbons (Fsp3) is 0.0800. The molecule has 35 heavy (non-hydrogen) atoms. The summed E-state index contributed by atoms with van der Waals surface area (Å²) in [6.07, 6.45) is 0. The second-order valence-corrected chi connectivity index (χ2v) is 7.86. The van der Waals surface area contributed by atoms with E-state index in [2.05, 4.69) is 30.9 Å². The van der Waals surface area contributed by atoms with E-state index in [4.69, 9.17) is 0 Å². The van der Waals surface area contributed by atoms with Gasteiger partial charge >= 0.3 is 6.03 Å². The van der Waals surface area contributed by atoms with Crippen molar-refractivity contribution in [3.63, 3.8) is 0 Å². The molecule has 0 atom stereocenters. The normalized spacial score (nSPS) is 10.9. The largest absolute Gasteiger partial charge is 0.324 e. The molecular weight excluding hydrogens is 452 g/mol. The van der Waals surface area contributed by atoms with Gasteiger partial charge in [-0.2, -0.15) is 0 Å². The summed E-state index contributed by atoms with van der Waals surface area (Å²) in [5, 5.41) is 13.6. The third kappa shape index (κ3) is 4.81. The molecule has 0 saturated heterocycles. The van der Waals surface area contributed by atoms with Crippen LogP contribution in [0.3, 0.4) is 0 Å². The molecular formula is C25H19F2N7O. The van der Waals surface area contributed by atoms with E-state index in [-0.39, 0.29) is 23.7 Å². The van der Waals surface area contributed by atoms with Crippen molar-refractivity contribution in [2.75, 3.05) is 10.6 Å². The van der Waals surface area contributed by atoms with E-state index in [0.717, 1.165) is 11.1 Å². The van der Waals surface area contributed by atoms with Gasteiger partial charge in [-0.1, -0.05) is 53.2 Å². The highest BCUT2D eigenvalue weighted by Crippen LogP contribution is 2.25. The van der Waals surface area contributed by atoms with Crippen molar-refractivity contribution < 1.29 is 13.6 Å². The zero-order valence-corrected chi connectivity index (χ0v) is 18.5. The lowest BCUT2D eigenvalue weighted by molar-refractivity contribution is 0.262. The van der Waals surface area contributed by atoms with Gasteiger partial charge in [0, 0.05) is 16.8 Å². The molecule has 2 amide bonds. The van der Waals surface area contributed by atoms with Crippen LogP contribution in [0.4, 0.5) is 25.1 Å². The molecule has 0 aliphatic rings. The molecule has 3 aromatic carbocycles. The van der Waals surface area contributed by atoms with E-state index < -0.39 is 11.8 Å². The second kappa shape index (κ2) is 9.26. The first kappa shape index (κ1) is 22.1. The van der Waals surface area contributed by atoms with Crippen LogP contribution in [0.5, 0.6) is 0 Å². The van der Waals surface area contributed by atoms with Crippen LogP contribution < -0.4 is 10.6 Å². The zero-order chi connectivity index (χ0) is 24.4. The Morgan fingerprint density at radius 3 is 2.40 bits per heavy atom. The van der Waals surface area contributed by atoms with Crippen molar-refractivity contribution in [1.82, 2.24) is 25.0 Å². The van der Waals surface area contributed by atoms with Gasteiger partial charge in [-0.25, -0.2) is 28.2 Å². The Morgan fingerprint density at radius 2 is 1.66 bits per heavy atom. The van der Waals surface area contributed by atoms with E-state index in [9.17, 15) is 13.6 Å². The van der Waals surface area contributed by atoms with E-state index in [1.165, 1.54) is 35.0 Å². The monoisotopic (exact) mass is 471 g/mol. The lowest BCUT2D eigenvalue weighted by atomic mass is 10.1. The maximum Gasteiger partial charge on any atom is 0.324 e. The Hall–Kier alpha value is -4.73. The highest BCUT2D eigenvalue weighted by Gasteiger charge is 2.18. The average molecular weight is 471 g/mol. The van der Waals surface area contributed by atoms with Gasteiger partial charge in [0.15, 0.2) is 22.8 Å². The minimum absolute atomic E-state index is 0.0920. The Bertz CT molecular complexity index is 1520. The van der Waals surface area contributed by atoms with Crippen LogP contribution in [0.25, 0.3) is 22.6 Å². The van der Waals surface area contributed by atoms with Gasteiger partial charge in [-0.15, -0.1) is 5.10 Å². The van der Waals surface area contributed by atoms with Gasteiger partial charge in [0.1, 0.15) is 11.6 Å². The highest BCUT2D eigenvalue weighted by molar-refractivity contribution is 6.03. The molecule has 2 aromatic heterocycles. The first-order valence-corrected chi connectivity index (χ1v) is 10.7. The summed E-state index contributed by atoms with van der Waals surface area (Å²) >= 11 is 0. The van der Waals surface area contributed by atoms with E-state index in [1.807, 2.05) is 31.2 Å². The van der Waals surface area contributed by atoms with Gasteiger partial charge in [-0.05, 0) is 37.3 Å². The molecule has 0 fully saturated rings. The fourth-order valence-electron chi connectivity index (χ4n) is 3.47. The predicted octanol–water partition coefficient (Wildman–Crippen LogP) is 5.17. The maximum absolute atomic E-state index is 14.3. The number of urea groups is 1. The van der Waals surface area contributed by atoms with E-state index >= 15 is 0 Å². The number of carbonyl (C=O) groups excluding carboxylic acids is 1. The number of hydrogen-bond donors (Lipinski definition) is 2. The predicted molar refractivity (Wildman–Crippen MR) is 128 cm³/mol. The zero-order valence-electron chi connectivity index (χ0n) is 18.5. The number of aryl methyl sites for hydroxylation is 1. The number of hydrogen-bond acceptors (Lipinski definition) is 5. The first-order chi connectivity index (χ1) is 17.0. The molecule has 0 aliphatic carbocycles. The highest BCUT2D eigenvalue weighted by atomic mass is 19.1. The minimum Gasteiger partial charge on any atom is -0.308 e. The number of fused-ring (bicyclic) bond motifs is 1. The van der Waals surface area contributed by atoms with Crippen LogP contribution in [0.2, 0.25) is 0 Å². The number of nitrogens with one attached hydrogen (secondary N) is 2. The third-order valence-corrected chi connectivity index (χ3v) is 5.28. The summed E-state index contributed by atoms with van der Waals surface area (Å²) in [6.45, 7) is 2.06. The molecule has 2 heterocycles. The Labute approximate surface area is 198 Å². The minimum atomic E-state index is -0.602. The molecule has 5 rings (SSSR count). The molecule has 8 nitrogen and oxygen atoms in total. The average Bonchev–Trinajstić information content (AvgIpc) is 3.25. The van der Waals surface area contributed by atoms with Crippen LogP contribution in [0.15, 0.2) is 72.8 Å². The number of amides is 2. The number of anilines is 2. The first-order valence-electron chi connectivity index (χ1n) is 10.7. The molecule has 0 radical (unpaired) electrons. The number of carbonyl (C=O) groups is 1. The number of halogens is 2. The van der Waals surface area contributed by atoms with Crippen LogP contribution in [0.1, 0.15) is 11.1 Å². The summed E-state index contributed by atoms with van der Waals surface area (Å²) in [7, 11) is 0. The van der Waals surface area contributed by atoms with Crippen molar-refractivity contribution in [2.45, 2.75) is 13.5 Å². The van der Waals surface area contributed by atoms with E-state index in [1.54, 1.807) is 18.2 Å². The maximum atomic E-state index is 14.3. The Balaban J connectivity index is 1.54. The molecule has 0 unspecified atom stereocenters. The van der Waals surface area contributed by atoms with Crippen molar-refractivity contribution in [2.24, 2.45) is 0 Å². The molecule has 10 heteroatoms. The Morgan fingerprint density at radius 1 is 0.914 bits per heavy atom. The smallest absolute Gasteiger partial charge is 0.308 e. The van der Waals surface area contributed by atoms with Gasteiger partial charge in [0.2, 0.25) is 0 Å². The Kier molecular flexibility index (Phi) is 5.84.